The van der Waals surface area contributed by atoms with Crippen LogP contribution in [0.3, 0.4) is 0 Å². The van der Waals surface area contributed by atoms with Crippen molar-refractivity contribution in [3.63, 3.8) is 0 Å². The Morgan fingerprint density at radius 3 is 2.47 bits per heavy atom. The second-order valence-electron chi connectivity index (χ2n) is 3.17. The van der Waals surface area contributed by atoms with E-state index in [1.54, 1.807) is 13.0 Å². The average Bonchev–Trinajstić information content (AvgIpc) is 2.15. The van der Waals surface area contributed by atoms with Crippen molar-refractivity contribution in [3.05, 3.63) is 29.3 Å². The summed E-state index contributed by atoms with van der Waals surface area (Å²) in [6.45, 7) is 1.72. The molecule has 0 aliphatic heterocycles. The standard InChI is InChI=1S/C10H11BrF2O2/c1-6-5-7(3-4-8(6)15-2)9(14)10(11,12)13/h3-5,9,14H,1-2H3. The van der Waals surface area contributed by atoms with Crippen molar-refractivity contribution in [1.29, 1.82) is 0 Å². The number of aryl methyl sites for hydroxylation is 1. The van der Waals surface area contributed by atoms with E-state index < -0.39 is 10.9 Å². The number of rotatable bonds is 3. The first kappa shape index (κ1) is 12.4. The number of aliphatic hydroxyl groups excluding tert-OH is 1. The molecular formula is C10H11BrF2O2. The largest absolute Gasteiger partial charge is 0.496 e. The second-order valence-corrected chi connectivity index (χ2v) is 4.23. The van der Waals surface area contributed by atoms with Gasteiger partial charge in [-0.3, -0.25) is 0 Å². The molecule has 0 fully saturated rings. The molecule has 0 spiro atoms. The lowest BCUT2D eigenvalue weighted by molar-refractivity contribution is -0.0294. The molecule has 0 aliphatic carbocycles. The molecule has 0 heterocycles. The van der Waals surface area contributed by atoms with Crippen molar-refractivity contribution in [2.75, 3.05) is 7.11 Å². The summed E-state index contributed by atoms with van der Waals surface area (Å²) in [5.41, 5.74) is 0.848. The van der Waals surface area contributed by atoms with Gasteiger partial charge in [0.25, 0.3) is 0 Å². The van der Waals surface area contributed by atoms with Crippen LogP contribution >= 0.6 is 15.9 Å². The minimum atomic E-state index is -3.33. The van der Waals surface area contributed by atoms with Gasteiger partial charge in [0.05, 0.1) is 7.11 Å². The monoisotopic (exact) mass is 280 g/mol. The van der Waals surface area contributed by atoms with Gasteiger partial charge in [-0.2, -0.15) is 8.78 Å². The van der Waals surface area contributed by atoms with Crippen molar-refractivity contribution in [2.24, 2.45) is 0 Å². The Hall–Kier alpha value is -0.680. The third-order valence-corrected chi connectivity index (χ3v) is 2.48. The highest BCUT2D eigenvalue weighted by atomic mass is 79.9. The van der Waals surface area contributed by atoms with Gasteiger partial charge in [0, 0.05) is 0 Å². The van der Waals surface area contributed by atoms with Gasteiger partial charge in [-0.1, -0.05) is 6.07 Å². The molecule has 0 bridgehead atoms. The fraction of sp³-hybridized carbons (Fsp3) is 0.400. The van der Waals surface area contributed by atoms with E-state index in [1.807, 2.05) is 0 Å². The van der Waals surface area contributed by atoms with E-state index in [9.17, 15) is 13.9 Å². The summed E-state index contributed by atoms with van der Waals surface area (Å²) in [6.07, 6.45) is -1.86. The van der Waals surface area contributed by atoms with Gasteiger partial charge in [0.15, 0.2) is 6.10 Å². The molecule has 1 aromatic carbocycles. The molecule has 1 unspecified atom stereocenters. The predicted molar refractivity (Wildman–Crippen MR) is 56.6 cm³/mol. The van der Waals surface area contributed by atoms with E-state index in [4.69, 9.17) is 4.74 Å². The summed E-state index contributed by atoms with van der Waals surface area (Å²) < 4.78 is 30.5. The third-order valence-electron chi connectivity index (χ3n) is 2.04. The van der Waals surface area contributed by atoms with Gasteiger partial charge in [-0.25, -0.2) is 0 Å². The molecule has 5 heteroatoms. The first-order chi connectivity index (χ1) is 6.86. The molecule has 1 rings (SSSR count). The Bertz CT molecular complexity index is 350. The highest BCUT2D eigenvalue weighted by Gasteiger charge is 2.36. The van der Waals surface area contributed by atoms with Crippen LogP contribution in [0.25, 0.3) is 0 Å². The molecule has 0 saturated heterocycles. The number of hydrogen-bond acceptors (Lipinski definition) is 2. The predicted octanol–water partition coefficient (Wildman–Crippen LogP) is 3.02. The Labute approximate surface area is 95.0 Å². The molecule has 0 aromatic heterocycles. The van der Waals surface area contributed by atoms with Crippen LogP contribution in [-0.4, -0.2) is 17.0 Å². The molecule has 0 radical (unpaired) electrons. The zero-order chi connectivity index (χ0) is 11.6. The zero-order valence-electron chi connectivity index (χ0n) is 8.30. The van der Waals surface area contributed by atoms with Gasteiger partial charge < -0.3 is 9.84 Å². The summed E-state index contributed by atoms with van der Waals surface area (Å²) in [7, 11) is 1.50. The Morgan fingerprint density at radius 1 is 1.47 bits per heavy atom. The van der Waals surface area contributed by atoms with Crippen molar-refractivity contribution in [1.82, 2.24) is 0 Å². The number of ether oxygens (including phenoxy) is 1. The fourth-order valence-electron chi connectivity index (χ4n) is 1.26. The lowest BCUT2D eigenvalue weighted by atomic mass is 10.1. The SMILES string of the molecule is COc1ccc(C(O)C(F)(F)Br)cc1C. The maximum Gasteiger partial charge on any atom is 0.330 e. The lowest BCUT2D eigenvalue weighted by Crippen LogP contribution is -2.18. The molecule has 1 atom stereocenters. The number of halogens is 3. The molecule has 1 aromatic rings. The van der Waals surface area contributed by atoms with Crippen LogP contribution in [0.5, 0.6) is 5.75 Å². The van der Waals surface area contributed by atoms with Gasteiger partial charge in [-0.05, 0) is 46.1 Å². The van der Waals surface area contributed by atoms with E-state index in [-0.39, 0.29) is 5.56 Å². The third kappa shape index (κ3) is 2.89. The second kappa shape index (κ2) is 4.45. The van der Waals surface area contributed by atoms with E-state index in [0.717, 1.165) is 0 Å². The highest BCUT2D eigenvalue weighted by molar-refractivity contribution is 9.10. The van der Waals surface area contributed by atoms with Gasteiger partial charge in [0.2, 0.25) is 0 Å². The minimum Gasteiger partial charge on any atom is -0.496 e. The van der Waals surface area contributed by atoms with Crippen molar-refractivity contribution < 1.29 is 18.6 Å². The number of alkyl halides is 3. The number of benzene rings is 1. The normalized spacial score (nSPS) is 13.7. The molecule has 1 N–H and O–H groups in total. The van der Waals surface area contributed by atoms with Crippen LogP contribution in [0.15, 0.2) is 18.2 Å². The number of aliphatic hydroxyl groups is 1. The van der Waals surface area contributed by atoms with Crippen molar-refractivity contribution in [3.8, 4) is 5.75 Å². The van der Waals surface area contributed by atoms with Crippen LogP contribution in [0.4, 0.5) is 8.78 Å². The molecular weight excluding hydrogens is 270 g/mol. The molecule has 0 saturated carbocycles. The topological polar surface area (TPSA) is 29.5 Å². The molecule has 0 aliphatic rings. The Kier molecular flexibility index (Phi) is 3.67. The van der Waals surface area contributed by atoms with Gasteiger partial charge in [0.1, 0.15) is 5.75 Å². The van der Waals surface area contributed by atoms with E-state index in [1.165, 1.54) is 19.2 Å². The van der Waals surface area contributed by atoms with Crippen LogP contribution < -0.4 is 4.74 Å². The molecule has 15 heavy (non-hydrogen) atoms. The summed E-state index contributed by atoms with van der Waals surface area (Å²) in [6, 6.07) is 4.43. The fourth-order valence-corrected chi connectivity index (χ4v) is 1.53. The van der Waals surface area contributed by atoms with Crippen molar-refractivity contribution in [2.45, 2.75) is 17.9 Å². The Balaban J connectivity index is 3.02. The van der Waals surface area contributed by atoms with Crippen molar-refractivity contribution >= 4 is 15.9 Å². The maximum absolute atomic E-state index is 12.8. The van der Waals surface area contributed by atoms with Crippen LogP contribution in [0.1, 0.15) is 17.2 Å². The van der Waals surface area contributed by atoms with E-state index in [0.29, 0.717) is 11.3 Å². The van der Waals surface area contributed by atoms with Gasteiger partial charge in [-0.15, -0.1) is 0 Å². The summed E-state index contributed by atoms with van der Waals surface area (Å²) in [4.78, 5) is -3.33. The highest BCUT2D eigenvalue weighted by Crippen LogP contribution is 2.37. The quantitative estimate of drug-likeness (QED) is 0.863. The first-order valence-electron chi connectivity index (χ1n) is 4.25. The summed E-state index contributed by atoms with van der Waals surface area (Å²) in [5, 5.41) is 9.31. The van der Waals surface area contributed by atoms with E-state index >= 15 is 0 Å². The number of methoxy groups -OCH3 is 1. The van der Waals surface area contributed by atoms with Crippen LogP contribution in [-0.2, 0) is 0 Å². The molecule has 84 valence electrons. The molecule has 0 amide bonds. The van der Waals surface area contributed by atoms with Gasteiger partial charge >= 0.3 is 4.83 Å². The maximum atomic E-state index is 12.8. The smallest absolute Gasteiger partial charge is 0.330 e. The van der Waals surface area contributed by atoms with E-state index in [2.05, 4.69) is 15.9 Å². The molecule has 2 nitrogen and oxygen atoms in total. The first-order valence-corrected chi connectivity index (χ1v) is 5.05. The lowest BCUT2D eigenvalue weighted by Gasteiger charge is -2.17. The van der Waals surface area contributed by atoms with Crippen LogP contribution in [0.2, 0.25) is 0 Å². The van der Waals surface area contributed by atoms with Crippen LogP contribution in [0, 0.1) is 6.92 Å². The average molecular weight is 281 g/mol. The zero-order valence-corrected chi connectivity index (χ0v) is 9.88. The summed E-state index contributed by atoms with van der Waals surface area (Å²) >= 11 is 2.13. The Morgan fingerprint density at radius 2 is 2.07 bits per heavy atom. The summed E-state index contributed by atoms with van der Waals surface area (Å²) in [5.74, 6) is 0.601. The number of hydrogen-bond donors (Lipinski definition) is 1. The minimum absolute atomic E-state index is 0.148.